The highest BCUT2D eigenvalue weighted by atomic mass is 19.3. The fourth-order valence-corrected chi connectivity index (χ4v) is 4.20. The van der Waals surface area contributed by atoms with Gasteiger partial charge >= 0.3 is 6.61 Å². The largest absolute Gasteiger partial charge is 0.433 e. The molecule has 34 heavy (non-hydrogen) atoms. The number of alkyl halides is 2. The molecular weight excluding hydrogens is 450 g/mol. The van der Waals surface area contributed by atoms with E-state index >= 15 is 0 Å². The zero-order valence-corrected chi connectivity index (χ0v) is 19.5. The first-order valence-electron chi connectivity index (χ1n) is 11.5. The van der Waals surface area contributed by atoms with Gasteiger partial charge < -0.3 is 25.4 Å². The third-order valence-corrected chi connectivity index (χ3v) is 5.94. The molecule has 11 heteroatoms. The van der Waals surface area contributed by atoms with Gasteiger partial charge in [0.1, 0.15) is 6.61 Å². The van der Waals surface area contributed by atoms with Crippen LogP contribution in [0.1, 0.15) is 33.1 Å². The van der Waals surface area contributed by atoms with Gasteiger partial charge in [0.05, 0.1) is 12.3 Å². The molecule has 188 valence electrons. The molecule has 0 bridgehead atoms. The van der Waals surface area contributed by atoms with Crippen molar-refractivity contribution in [3.05, 3.63) is 18.2 Å². The van der Waals surface area contributed by atoms with E-state index in [1.165, 1.54) is 23.1 Å². The van der Waals surface area contributed by atoms with Crippen LogP contribution in [0.3, 0.4) is 0 Å². The van der Waals surface area contributed by atoms with Gasteiger partial charge in [0.15, 0.2) is 11.8 Å². The number of nitrogens with two attached hydrogens (primary N) is 1. The summed E-state index contributed by atoms with van der Waals surface area (Å²) in [6, 6.07) is 2.87. The van der Waals surface area contributed by atoms with E-state index in [9.17, 15) is 23.2 Å². The van der Waals surface area contributed by atoms with Crippen molar-refractivity contribution in [2.24, 2.45) is 17.6 Å². The predicted molar refractivity (Wildman–Crippen MR) is 122 cm³/mol. The van der Waals surface area contributed by atoms with Crippen molar-refractivity contribution in [1.82, 2.24) is 4.90 Å². The summed E-state index contributed by atoms with van der Waals surface area (Å²) in [5, 5.41) is 2.53. The Bertz CT molecular complexity index is 894. The van der Waals surface area contributed by atoms with E-state index in [4.69, 9.17) is 10.5 Å². The highest BCUT2D eigenvalue weighted by molar-refractivity contribution is 6.10. The maximum absolute atomic E-state index is 13.2. The standard InChI is InChI=1S/C23H32F2N4O5/c1-14(2)11-28(12-15-4-3-5-15)20(21(26)31)22(32)27-17-7-6-16(10-18(17)34-23(24)25)29-8-9-33-13-19(29)30/h6-7,10,14-15,20,23H,3-5,8-9,11-13H2,1-2H3,(H2,26,31)(H,27,32)/t20-/m0/s1. The van der Waals surface area contributed by atoms with Crippen molar-refractivity contribution in [1.29, 1.82) is 0 Å². The lowest BCUT2D eigenvalue weighted by Gasteiger charge is -2.36. The van der Waals surface area contributed by atoms with Crippen molar-refractivity contribution in [2.75, 3.05) is 43.1 Å². The van der Waals surface area contributed by atoms with Crippen molar-refractivity contribution < 1.29 is 32.6 Å². The van der Waals surface area contributed by atoms with Crippen LogP contribution in [-0.2, 0) is 19.1 Å². The fourth-order valence-electron chi connectivity index (χ4n) is 4.20. The molecule has 1 aromatic rings. The van der Waals surface area contributed by atoms with Gasteiger partial charge in [-0.3, -0.25) is 19.3 Å². The van der Waals surface area contributed by atoms with Crippen LogP contribution in [0.25, 0.3) is 0 Å². The average molecular weight is 483 g/mol. The number of carbonyl (C=O) groups excluding carboxylic acids is 3. The predicted octanol–water partition coefficient (Wildman–Crippen LogP) is 2.20. The molecule has 3 amide bonds. The molecular formula is C23H32F2N4O5. The van der Waals surface area contributed by atoms with Crippen LogP contribution >= 0.6 is 0 Å². The Morgan fingerprint density at radius 1 is 1.32 bits per heavy atom. The molecule has 1 aliphatic heterocycles. The number of nitrogens with one attached hydrogen (secondary N) is 1. The molecule has 1 aliphatic carbocycles. The van der Waals surface area contributed by atoms with E-state index in [2.05, 4.69) is 10.1 Å². The number of primary amides is 1. The molecule has 1 heterocycles. The molecule has 2 aliphatic rings. The average Bonchev–Trinajstić information content (AvgIpc) is 2.71. The summed E-state index contributed by atoms with van der Waals surface area (Å²) in [5.41, 5.74) is 5.90. The molecule has 0 unspecified atom stereocenters. The molecule has 0 aromatic heterocycles. The van der Waals surface area contributed by atoms with Crippen LogP contribution in [0.4, 0.5) is 20.2 Å². The Morgan fingerprint density at radius 3 is 2.62 bits per heavy atom. The highest BCUT2D eigenvalue weighted by Crippen LogP contribution is 2.33. The Kier molecular flexibility index (Phi) is 8.78. The Labute approximate surface area is 197 Å². The Hall–Kier alpha value is -2.79. The van der Waals surface area contributed by atoms with Crippen LogP contribution in [0, 0.1) is 11.8 Å². The minimum absolute atomic E-state index is 0.0471. The number of hydrogen-bond donors (Lipinski definition) is 2. The molecule has 2 fully saturated rings. The molecule has 3 N–H and O–H groups in total. The fraction of sp³-hybridized carbons (Fsp3) is 0.609. The third-order valence-electron chi connectivity index (χ3n) is 5.94. The number of anilines is 2. The topological polar surface area (TPSA) is 114 Å². The normalized spacial score (nSPS) is 17.7. The Balaban J connectivity index is 1.84. The van der Waals surface area contributed by atoms with Crippen molar-refractivity contribution in [2.45, 2.75) is 45.8 Å². The molecule has 1 saturated carbocycles. The lowest BCUT2D eigenvalue weighted by Crippen LogP contribution is -2.54. The SMILES string of the molecule is CC(C)CN(CC1CCC1)[C@@H](C(N)=O)C(=O)Nc1ccc(N2CCOCC2=O)cc1OC(F)F. The molecule has 1 saturated heterocycles. The molecule has 1 atom stereocenters. The van der Waals surface area contributed by atoms with Crippen LogP contribution in [0.15, 0.2) is 18.2 Å². The summed E-state index contributed by atoms with van der Waals surface area (Å²) in [6.07, 6.45) is 3.16. The maximum atomic E-state index is 13.2. The second-order valence-corrected chi connectivity index (χ2v) is 9.10. The smallest absolute Gasteiger partial charge is 0.387 e. The van der Waals surface area contributed by atoms with Crippen LogP contribution in [0.5, 0.6) is 5.75 Å². The van der Waals surface area contributed by atoms with E-state index in [0.717, 1.165) is 19.3 Å². The van der Waals surface area contributed by atoms with Gasteiger partial charge in [-0.25, -0.2) is 0 Å². The highest BCUT2D eigenvalue weighted by Gasteiger charge is 2.35. The molecule has 1 aromatic carbocycles. The summed E-state index contributed by atoms with van der Waals surface area (Å²) < 4.78 is 36.0. The first-order chi connectivity index (χ1) is 16.2. The number of halogens is 2. The van der Waals surface area contributed by atoms with E-state index in [0.29, 0.717) is 31.3 Å². The van der Waals surface area contributed by atoms with E-state index in [-0.39, 0.29) is 36.4 Å². The molecule has 0 spiro atoms. The quantitative estimate of drug-likeness (QED) is 0.468. The first-order valence-corrected chi connectivity index (χ1v) is 11.5. The van der Waals surface area contributed by atoms with Gasteiger partial charge in [-0.1, -0.05) is 20.3 Å². The minimum Gasteiger partial charge on any atom is -0.433 e. The maximum Gasteiger partial charge on any atom is 0.387 e. The number of rotatable bonds is 11. The second kappa shape index (κ2) is 11.6. The van der Waals surface area contributed by atoms with Gasteiger partial charge in [-0.05, 0) is 36.8 Å². The summed E-state index contributed by atoms with van der Waals surface area (Å²) in [6.45, 7) is 2.28. The lowest BCUT2D eigenvalue weighted by atomic mass is 9.84. The number of carbonyl (C=O) groups is 3. The number of benzene rings is 1. The van der Waals surface area contributed by atoms with E-state index in [1.54, 1.807) is 4.90 Å². The summed E-state index contributed by atoms with van der Waals surface area (Å²) >= 11 is 0. The van der Waals surface area contributed by atoms with Crippen molar-refractivity contribution in [3.63, 3.8) is 0 Å². The molecule has 9 nitrogen and oxygen atoms in total. The number of morpholine rings is 1. The Morgan fingerprint density at radius 2 is 2.06 bits per heavy atom. The second-order valence-electron chi connectivity index (χ2n) is 9.10. The molecule has 3 rings (SSSR count). The minimum atomic E-state index is -3.16. The number of nitrogens with zero attached hydrogens (tertiary/aromatic N) is 2. The van der Waals surface area contributed by atoms with Gasteiger partial charge in [0.25, 0.3) is 11.8 Å². The zero-order valence-electron chi connectivity index (χ0n) is 19.5. The number of hydrogen-bond acceptors (Lipinski definition) is 6. The third kappa shape index (κ3) is 6.63. The van der Waals surface area contributed by atoms with Crippen molar-refractivity contribution >= 4 is 29.1 Å². The van der Waals surface area contributed by atoms with Crippen LogP contribution in [-0.4, -0.2) is 68.1 Å². The van der Waals surface area contributed by atoms with Gasteiger partial charge in [0.2, 0.25) is 5.91 Å². The first kappa shape index (κ1) is 25.8. The van der Waals surface area contributed by atoms with E-state index < -0.39 is 24.5 Å². The van der Waals surface area contributed by atoms with Crippen LogP contribution in [0.2, 0.25) is 0 Å². The number of amides is 3. The van der Waals surface area contributed by atoms with Gasteiger partial charge in [-0.2, -0.15) is 8.78 Å². The lowest BCUT2D eigenvalue weighted by molar-refractivity contribution is -0.133. The number of ether oxygens (including phenoxy) is 2. The van der Waals surface area contributed by atoms with Crippen molar-refractivity contribution in [3.8, 4) is 5.75 Å². The van der Waals surface area contributed by atoms with Crippen LogP contribution < -0.4 is 20.7 Å². The monoisotopic (exact) mass is 482 g/mol. The zero-order chi connectivity index (χ0) is 24.8. The summed E-state index contributed by atoms with van der Waals surface area (Å²) in [5.74, 6) is -1.61. The summed E-state index contributed by atoms with van der Waals surface area (Å²) in [4.78, 5) is 40.8. The van der Waals surface area contributed by atoms with E-state index in [1.807, 2.05) is 13.8 Å². The summed E-state index contributed by atoms with van der Waals surface area (Å²) in [7, 11) is 0. The molecule has 0 radical (unpaired) electrons. The van der Waals surface area contributed by atoms with Gasteiger partial charge in [0, 0.05) is 31.4 Å². The van der Waals surface area contributed by atoms with Gasteiger partial charge in [-0.15, -0.1) is 0 Å².